The van der Waals surface area contributed by atoms with Crippen molar-refractivity contribution in [2.75, 3.05) is 11.9 Å². The number of amides is 1. The highest BCUT2D eigenvalue weighted by atomic mass is 35.5. The first-order chi connectivity index (χ1) is 9.69. The maximum absolute atomic E-state index is 11.8. The fraction of sp³-hybridized carbons (Fsp3) is 0.0667. The molecule has 0 saturated heterocycles. The number of aromatic nitrogens is 1. The molecule has 20 heavy (non-hydrogen) atoms. The van der Waals surface area contributed by atoms with Crippen LogP contribution in [0.5, 0.6) is 0 Å². The predicted molar refractivity (Wildman–Crippen MR) is 81.5 cm³/mol. The molecule has 1 amide bonds. The van der Waals surface area contributed by atoms with Gasteiger partial charge in [-0.1, -0.05) is 17.7 Å². The van der Waals surface area contributed by atoms with E-state index in [4.69, 9.17) is 11.6 Å². The summed E-state index contributed by atoms with van der Waals surface area (Å²) in [4.78, 5) is 15.8. The van der Waals surface area contributed by atoms with Gasteiger partial charge in [0.15, 0.2) is 0 Å². The van der Waals surface area contributed by atoms with Crippen LogP contribution < -0.4 is 10.6 Å². The van der Waals surface area contributed by atoms with Gasteiger partial charge in [-0.3, -0.25) is 9.78 Å². The van der Waals surface area contributed by atoms with Crippen LogP contribution >= 0.6 is 11.6 Å². The van der Waals surface area contributed by atoms with Crippen molar-refractivity contribution in [1.82, 2.24) is 10.3 Å². The first-order valence-corrected chi connectivity index (χ1v) is 6.44. The highest BCUT2D eigenvalue weighted by Crippen LogP contribution is 2.19. The number of hydrogen-bond donors (Lipinski definition) is 2. The molecule has 1 heterocycles. The molecule has 102 valence electrons. The van der Waals surface area contributed by atoms with Crippen LogP contribution in [0.4, 0.5) is 11.4 Å². The molecule has 5 heteroatoms. The largest absolute Gasteiger partial charge is 0.355 e. The zero-order chi connectivity index (χ0) is 14.4. The predicted octanol–water partition coefficient (Wildman–Crippen LogP) is 3.39. The van der Waals surface area contributed by atoms with Gasteiger partial charge in [0.2, 0.25) is 0 Å². The Hall–Kier alpha value is -2.33. The molecule has 2 rings (SSSR count). The van der Waals surface area contributed by atoms with Crippen molar-refractivity contribution >= 4 is 28.9 Å². The Morgan fingerprint density at radius 1 is 1.25 bits per heavy atom. The van der Waals surface area contributed by atoms with E-state index in [1.54, 1.807) is 36.5 Å². The van der Waals surface area contributed by atoms with Crippen LogP contribution in [0.15, 0.2) is 55.3 Å². The molecular formula is C15H14ClN3O. The van der Waals surface area contributed by atoms with Gasteiger partial charge in [0.05, 0.1) is 0 Å². The highest BCUT2D eigenvalue weighted by Gasteiger charge is 2.06. The summed E-state index contributed by atoms with van der Waals surface area (Å²) in [5.41, 5.74) is 2.02. The average molecular weight is 288 g/mol. The molecule has 0 aliphatic carbocycles. The maximum Gasteiger partial charge on any atom is 0.270 e. The summed E-state index contributed by atoms with van der Waals surface area (Å²) in [6.07, 6.45) is 3.20. The number of halogens is 1. The first kappa shape index (κ1) is 14.1. The monoisotopic (exact) mass is 287 g/mol. The second-order valence-electron chi connectivity index (χ2n) is 4.06. The molecule has 0 fully saturated rings. The van der Waals surface area contributed by atoms with E-state index in [9.17, 15) is 4.79 Å². The van der Waals surface area contributed by atoms with Gasteiger partial charge in [-0.05, 0) is 36.4 Å². The van der Waals surface area contributed by atoms with Crippen LogP contribution in [-0.2, 0) is 0 Å². The second-order valence-corrected chi connectivity index (χ2v) is 4.50. The summed E-state index contributed by atoms with van der Waals surface area (Å²) >= 11 is 5.83. The standard InChI is InChI=1S/C15H14ClN3O/c1-2-8-18-15(20)14-10-13(7-9-17-14)19-12-5-3-11(16)4-6-12/h2-7,9-10H,1,8H2,(H,17,19)(H,18,20). The van der Waals surface area contributed by atoms with Crippen molar-refractivity contribution in [3.05, 3.63) is 66.0 Å². The molecule has 2 N–H and O–H groups in total. The molecule has 0 atom stereocenters. The van der Waals surface area contributed by atoms with E-state index in [-0.39, 0.29) is 5.91 Å². The Bertz CT molecular complexity index is 611. The number of pyridine rings is 1. The minimum Gasteiger partial charge on any atom is -0.355 e. The summed E-state index contributed by atoms with van der Waals surface area (Å²) in [5, 5.41) is 6.54. The number of anilines is 2. The summed E-state index contributed by atoms with van der Waals surface area (Å²) < 4.78 is 0. The van der Waals surface area contributed by atoms with Crippen LogP contribution in [0.25, 0.3) is 0 Å². The molecule has 0 bridgehead atoms. The van der Waals surface area contributed by atoms with Crippen molar-refractivity contribution in [3.8, 4) is 0 Å². The van der Waals surface area contributed by atoms with Gasteiger partial charge in [-0.15, -0.1) is 6.58 Å². The van der Waals surface area contributed by atoms with Crippen LogP contribution in [0, 0.1) is 0 Å². The minimum atomic E-state index is -0.232. The Morgan fingerprint density at radius 3 is 2.70 bits per heavy atom. The number of rotatable bonds is 5. The molecule has 0 saturated carbocycles. The van der Waals surface area contributed by atoms with E-state index in [1.165, 1.54) is 0 Å². The normalized spacial score (nSPS) is 9.85. The lowest BCUT2D eigenvalue weighted by Crippen LogP contribution is -2.24. The van der Waals surface area contributed by atoms with Gasteiger partial charge in [0, 0.05) is 29.1 Å². The number of benzene rings is 1. The lowest BCUT2D eigenvalue weighted by molar-refractivity contribution is 0.0953. The topological polar surface area (TPSA) is 54.0 Å². The zero-order valence-electron chi connectivity index (χ0n) is 10.8. The number of carbonyl (C=O) groups excluding carboxylic acids is 1. The van der Waals surface area contributed by atoms with Crippen LogP contribution in [0.1, 0.15) is 10.5 Å². The number of carbonyl (C=O) groups is 1. The fourth-order valence-corrected chi connectivity index (χ4v) is 1.71. The quantitative estimate of drug-likeness (QED) is 0.829. The molecule has 0 aliphatic rings. The molecule has 0 spiro atoms. The molecule has 0 aliphatic heterocycles. The molecule has 1 aromatic heterocycles. The van der Waals surface area contributed by atoms with E-state index >= 15 is 0 Å². The van der Waals surface area contributed by atoms with Gasteiger partial charge < -0.3 is 10.6 Å². The second kappa shape index (κ2) is 6.73. The molecule has 4 nitrogen and oxygen atoms in total. The summed E-state index contributed by atoms with van der Waals surface area (Å²) in [7, 11) is 0. The van der Waals surface area contributed by atoms with Crippen molar-refractivity contribution < 1.29 is 4.79 Å². The number of nitrogens with one attached hydrogen (secondary N) is 2. The zero-order valence-corrected chi connectivity index (χ0v) is 11.5. The Kier molecular flexibility index (Phi) is 4.74. The van der Waals surface area contributed by atoms with Gasteiger partial charge in [0.25, 0.3) is 5.91 Å². The molecule has 1 aromatic carbocycles. The minimum absolute atomic E-state index is 0.232. The maximum atomic E-state index is 11.8. The molecular weight excluding hydrogens is 274 g/mol. The molecule has 0 unspecified atom stereocenters. The third kappa shape index (κ3) is 3.83. The van der Waals surface area contributed by atoms with E-state index in [0.717, 1.165) is 11.4 Å². The summed E-state index contributed by atoms with van der Waals surface area (Å²) in [6.45, 7) is 3.96. The van der Waals surface area contributed by atoms with Gasteiger partial charge in [-0.2, -0.15) is 0 Å². The van der Waals surface area contributed by atoms with E-state index in [1.807, 2.05) is 12.1 Å². The van der Waals surface area contributed by atoms with Gasteiger partial charge in [-0.25, -0.2) is 0 Å². The third-order valence-electron chi connectivity index (χ3n) is 2.53. The molecule has 0 radical (unpaired) electrons. The van der Waals surface area contributed by atoms with Crippen LogP contribution in [0.3, 0.4) is 0 Å². The molecule has 2 aromatic rings. The Morgan fingerprint density at radius 2 is 2.00 bits per heavy atom. The van der Waals surface area contributed by atoms with Crippen LogP contribution in [0.2, 0.25) is 5.02 Å². The van der Waals surface area contributed by atoms with E-state index < -0.39 is 0 Å². The van der Waals surface area contributed by atoms with Gasteiger partial charge >= 0.3 is 0 Å². The Balaban J connectivity index is 2.11. The Labute approximate surface area is 122 Å². The lowest BCUT2D eigenvalue weighted by Gasteiger charge is -2.08. The lowest BCUT2D eigenvalue weighted by atomic mass is 10.2. The number of nitrogens with zero attached hydrogens (tertiary/aromatic N) is 1. The summed E-state index contributed by atoms with van der Waals surface area (Å²) in [5.74, 6) is -0.232. The highest BCUT2D eigenvalue weighted by molar-refractivity contribution is 6.30. The van der Waals surface area contributed by atoms with Crippen molar-refractivity contribution in [2.24, 2.45) is 0 Å². The first-order valence-electron chi connectivity index (χ1n) is 6.07. The van der Waals surface area contributed by atoms with Gasteiger partial charge in [0.1, 0.15) is 5.69 Å². The smallest absolute Gasteiger partial charge is 0.270 e. The van der Waals surface area contributed by atoms with Crippen molar-refractivity contribution in [3.63, 3.8) is 0 Å². The average Bonchev–Trinajstić information content (AvgIpc) is 2.47. The summed E-state index contributed by atoms with van der Waals surface area (Å²) in [6, 6.07) is 10.8. The van der Waals surface area contributed by atoms with E-state index in [0.29, 0.717) is 17.3 Å². The fourth-order valence-electron chi connectivity index (χ4n) is 1.59. The number of hydrogen-bond acceptors (Lipinski definition) is 3. The SMILES string of the molecule is C=CCNC(=O)c1cc(Nc2ccc(Cl)cc2)ccn1. The van der Waals surface area contributed by atoms with Crippen molar-refractivity contribution in [2.45, 2.75) is 0 Å². The van der Waals surface area contributed by atoms with E-state index in [2.05, 4.69) is 22.2 Å². The third-order valence-corrected chi connectivity index (χ3v) is 2.78. The van der Waals surface area contributed by atoms with Crippen LogP contribution in [-0.4, -0.2) is 17.4 Å². The van der Waals surface area contributed by atoms with Crippen molar-refractivity contribution in [1.29, 1.82) is 0 Å².